The summed E-state index contributed by atoms with van der Waals surface area (Å²) in [6, 6.07) is 8.44. The van der Waals surface area contributed by atoms with Crippen LogP contribution >= 0.6 is 22.6 Å². The third kappa shape index (κ3) is 2.42. The van der Waals surface area contributed by atoms with Crippen molar-refractivity contribution in [3.8, 4) is 22.8 Å². The van der Waals surface area contributed by atoms with E-state index in [0.29, 0.717) is 11.4 Å². The van der Waals surface area contributed by atoms with E-state index in [9.17, 15) is 4.39 Å². The Morgan fingerprint density at radius 3 is 2.88 bits per heavy atom. The van der Waals surface area contributed by atoms with Crippen molar-refractivity contribution in [1.29, 1.82) is 0 Å². The molecule has 0 amide bonds. The van der Waals surface area contributed by atoms with Crippen LogP contribution in [0.4, 0.5) is 4.39 Å². The molecule has 0 aliphatic heterocycles. The molecule has 0 bridgehead atoms. The van der Waals surface area contributed by atoms with Gasteiger partial charge in [-0.2, -0.15) is 5.10 Å². The van der Waals surface area contributed by atoms with E-state index in [0.717, 1.165) is 15.0 Å². The zero-order chi connectivity index (χ0) is 16.7. The minimum atomic E-state index is -0.415. The molecule has 0 radical (unpaired) electrons. The largest absolute Gasteiger partial charge is 0.494 e. The van der Waals surface area contributed by atoms with Gasteiger partial charge in [0.05, 0.1) is 19.0 Å². The van der Waals surface area contributed by atoms with Crippen LogP contribution in [0.15, 0.2) is 49.1 Å². The summed E-state index contributed by atoms with van der Waals surface area (Å²) in [6.07, 6.45) is 5.20. The Kier molecular flexibility index (Phi) is 3.68. The van der Waals surface area contributed by atoms with E-state index in [4.69, 9.17) is 4.74 Å². The Morgan fingerprint density at radius 1 is 1.17 bits per heavy atom. The summed E-state index contributed by atoms with van der Waals surface area (Å²) in [6.45, 7) is 0. The first kappa shape index (κ1) is 15.1. The molecule has 0 saturated carbocycles. The van der Waals surface area contributed by atoms with Crippen molar-refractivity contribution in [2.24, 2.45) is 0 Å². The Balaban J connectivity index is 1.85. The fourth-order valence-corrected chi connectivity index (χ4v) is 3.02. The topological polar surface area (TPSA) is 57.2 Å². The zero-order valence-electron chi connectivity index (χ0n) is 12.5. The van der Waals surface area contributed by atoms with Gasteiger partial charge in [0.2, 0.25) is 0 Å². The molecule has 0 aliphatic carbocycles. The zero-order valence-corrected chi connectivity index (χ0v) is 14.7. The second-order valence-corrected chi connectivity index (χ2v) is 6.15. The van der Waals surface area contributed by atoms with E-state index in [1.165, 1.54) is 19.5 Å². The minimum absolute atomic E-state index is 0.168. The lowest BCUT2D eigenvalue weighted by Crippen LogP contribution is -2.02. The lowest BCUT2D eigenvalue weighted by Gasteiger charge is -2.09. The van der Waals surface area contributed by atoms with Crippen LogP contribution in [0.5, 0.6) is 5.75 Å². The van der Waals surface area contributed by atoms with E-state index in [1.54, 1.807) is 23.0 Å². The van der Waals surface area contributed by atoms with Crippen molar-refractivity contribution in [3.63, 3.8) is 0 Å². The number of rotatable bonds is 3. The van der Waals surface area contributed by atoms with Gasteiger partial charge in [0, 0.05) is 11.8 Å². The summed E-state index contributed by atoms with van der Waals surface area (Å²) in [5.41, 5.74) is 2.40. The molecule has 0 atom stereocenters. The van der Waals surface area contributed by atoms with Gasteiger partial charge in [-0.05, 0) is 52.9 Å². The quantitative estimate of drug-likeness (QED) is 0.464. The molecule has 24 heavy (non-hydrogen) atoms. The van der Waals surface area contributed by atoms with E-state index >= 15 is 0 Å². The van der Waals surface area contributed by atoms with Crippen LogP contribution in [-0.2, 0) is 0 Å². The second kappa shape index (κ2) is 5.86. The normalized spacial score (nSPS) is 11.1. The molecule has 0 unspecified atom stereocenters. The highest BCUT2D eigenvalue weighted by Gasteiger charge is 2.13. The number of nitrogens with zero attached hydrogens (tertiary/aromatic N) is 5. The smallest absolute Gasteiger partial charge is 0.165 e. The summed E-state index contributed by atoms with van der Waals surface area (Å²) in [7, 11) is 1.43. The summed E-state index contributed by atoms with van der Waals surface area (Å²) in [4.78, 5) is 8.61. The molecule has 0 N–H and O–H groups in total. The lowest BCUT2D eigenvalue weighted by molar-refractivity contribution is 0.386. The Hall–Kier alpha value is -2.49. The van der Waals surface area contributed by atoms with Crippen LogP contribution in [0.3, 0.4) is 0 Å². The molecule has 1 aromatic carbocycles. The van der Waals surface area contributed by atoms with E-state index in [2.05, 4.69) is 37.7 Å². The molecule has 0 spiro atoms. The molecule has 6 nitrogen and oxygen atoms in total. The van der Waals surface area contributed by atoms with Gasteiger partial charge in [0.25, 0.3) is 0 Å². The summed E-state index contributed by atoms with van der Waals surface area (Å²) in [5, 5.41) is 4.30. The number of benzene rings is 1. The second-order valence-electron chi connectivity index (χ2n) is 5.04. The number of pyridine rings is 1. The number of hydrogen-bond donors (Lipinski definition) is 0. The van der Waals surface area contributed by atoms with Crippen molar-refractivity contribution < 1.29 is 9.13 Å². The van der Waals surface area contributed by atoms with Crippen LogP contribution in [0, 0.1) is 9.52 Å². The lowest BCUT2D eigenvalue weighted by atomic mass is 10.2. The average molecular weight is 435 g/mol. The molecule has 8 heteroatoms. The van der Waals surface area contributed by atoms with E-state index in [-0.39, 0.29) is 5.75 Å². The molecule has 0 aliphatic rings. The Bertz CT molecular complexity index is 1040. The number of halogens is 2. The maximum atomic E-state index is 13.6. The van der Waals surface area contributed by atoms with Gasteiger partial charge in [0.1, 0.15) is 15.7 Å². The number of methoxy groups -OCH3 is 1. The molecule has 0 fully saturated rings. The van der Waals surface area contributed by atoms with Crippen LogP contribution < -0.4 is 4.74 Å². The van der Waals surface area contributed by atoms with Gasteiger partial charge in [-0.25, -0.2) is 19.0 Å². The SMILES string of the molecule is COc1cc(-c2ncnn2-c2ccc3ncc(I)n3c2)ccc1F. The standard InChI is InChI=1S/C16H11FIN5O/c1-24-13-6-10(2-4-12(13)17)16-20-9-21-23(16)11-3-5-15-19-7-14(18)22(15)8-11/h2-9H,1H3. The maximum Gasteiger partial charge on any atom is 0.165 e. The monoisotopic (exact) mass is 435 g/mol. The van der Waals surface area contributed by atoms with Gasteiger partial charge in [0.15, 0.2) is 17.4 Å². The summed E-state index contributed by atoms with van der Waals surface area (Å²) in [5.74, 6) is 0.353. The van der Waals surface area contributed by atoms with Gasteiger partial charge in [-0.3, -0.25) is 4.40 Å². The average Bonchev–Trinajstić information content (AvgIpc) is 3.22. The van der Waals surface area contributed by atoms with Crippen molar-refractivity contribution in [2.75, 3.05) is 7.11 Å². The minimum Gasteiger partial charge on any atom is -0.494 e. The molecule has 120 valence electrons. The van der Waals surface area contributed by atoms with Crippen molar-refractivity contribution in [2.45, 2.75) is 0 Å². The van der Waals surface area contributed by atoms with E-state index in [1.807, 2.05) is 22.7 Å². The van der Waals surface area contributed by atoms with Crippen molar-refractivity contribution in [3.05, 3.63) is 58.6 Å². The molecule has 4 aromatic rings. The third-order valence-electron chi connectivity index (χ3n) is 3.65. The first-order chi connectivity index (χ1) is 11.7. The molecule has 4 rings (SSSR count). The number of imidazole rings is 1. The summed E-state index contributed by atoms with van der Waals surface area (Å²) < 4.78 is 23.3. The fourth-order valence-electron chi connectivity index (χ4n) is 2.49. The molecule has 3 aromatic heterocycles. The summed E-state index contributed by atoms with van der Waals surface area (Å²) >= 11 is 2.22. The highest BCUT2D eigenvalue weighted by Crippen LogP contribution is 2.26. The third-order valence-corrected chi connectivity index (χ3v) is 4.44. The van der Waals surface area contributed by atoms with Crippen LogP contribution in [0.1, 0.15) is 0 Å². The van der Waals surface area contributed by atoms with Gasteiger partial charge in [-0.1, -0.05) is 0 Å². The molecular weight excluding hydrogens is 424 g/mol. The Morgan fingerprint density at radius 2 is 2.04 bits per heavy atom. The van der Waals surface area contributed by atoms with Crippen LogP contribution in [0.25, 0.3) is 22.7 Å². The highest BCUT2D eigenvalue weighted by molar-refractivity contribution is 14.1. The number of ether oxygens (including phenoxy) is 1. The fraction of sp³-hybridized carbons (Fsp3) is 0.0625. The number of hydrogen-bond acceptors (Lipinski definition) is 4. The number of aromatic nitrogens is 5. The molecule has 3 heterocycles. The molecule has 0 saturated heterocycles. The Labute approximate surface area is 150 Å². The van der Waals surface area contributed by atoms with Crippen LogP contribution in [-0.4, -0.2) is 31.3 Å². The predicted molar refractivity (Wildman–Crippen MR) is 94.8 cm³/mol. The van der Waals surface area contributed by atoms with Gasteiger partial charge in [-0.15, -0.1) is 0 Å². The highest BCUT2D eigenvalue weighted by atomic mass is 127. The van der Waals surface area contributed by atoms with E-state index < -0.39 is 5.82 Å². The predicted octanol–water partition coefficient (Wildman–Crippen LogP) is 3.33. The first-order valence-corrected chi connectivity index (χ1v) is 8.12. The number of fused-ring (bicyclic) bond motifs is 1. The van der Waals surface area contributed by atoms with Crippen molar-refractivity contribution in [1.82, 2.24) is 24.1 Å². The first-order valence-electron chi connectivity index (χ1n) is 7.04. The maximum absolute atomic E-state index is 13.6. The van der Waals surface area contributed by atoms with Gasteiger partial charge >= 0.3 is 0 Å². The molecular formula is C16H11FIN5O. The van der Waals surface area contributed by atoms with Crippen LogP contribution in [0.2, 0.25) is 0 Å². The van der Waals surface area contributed by atoms with Gasteiger partial charge < -0.3 is 4.74 Å². The van der Waals surface area contributed by atoms with Crippen molar-refractivity contribution >= 4 is 28.2 Å².